The maximum Gasteiger partial charge on any atom is 0.290 e. The first-order valence-electron chi connectivity index (χ1n) is 10.2. The van der Waals surface area contributed by atoms with Gasteiger partial charge < -0.3 is 25.0 Å². The van der Waals surface area contributed by atoms with Gasteiger partial charge in [-0.2, -0.15) is 17.6 Å². The van der Waals surface area contributed by atoms with Crippen LogP contribution in [0.4, 0.5) is 11.4 Å². The van der Waals surface area contributed by atoms with Crippen LogP contribution in [0.15, 0.2) is 47.5 Å². The van der Waals surface area contributed by atoms with Gasteiger partial charge in [0, 0.05) is 50.4 Å². The van der Waals surface area contributed by atoms with Gasteiger partial charge in [0.15, 0.2) is 0 Å². The van der Waals surface area contributed by atoms with E-state index < -0.39 is 10.0 Å². The van der Waals surface area contributed by atoms with Crippen LogP contribution >= 0.6 is 0 Å². The third-order valence-electron chi connectivity index (χ3n) is 5.56. The van der Waals surface area contributed by atoms with E-state index in [1.165, 1.54) is 0 Å². The molecular weight excluding hydrogens is 434 g/mol. The second-order valence-electron chi connectivity index (χ2n) is 7.48. The molecule has 2 aliphatic rings. The molecule has 0 radical (unpaired) electrons. The number of rotatable bonds is 3. The first-order chi connectivity index (χ1) is 15.5. The Morgan fingerprint density at radius 2 is 1.88 bits per heavy atom. The lowest BCUT2D eigenvalue weighted by Crippen LogP contribution is -2.43. The van der Waals surface area contributed by atoms with Crippen molar-refractivity contribution < 1.29 is 23.1 Å². The number of aromatic nitrogens is 2. The molecule has 1 fully saturated rings. The topological polar surface area (TPSA) is 117 Å². The van der Waals surface area contributed by atoms with Crippen LogP contribution in [0.5, 0.6) is 5.75 Å². The van der Waals surface area contributed by atoms with E-state index in [0.717, 1.165) is 53.6 Å². The molecule has 2 N–H and O–H groups in total. The highest BCUT2D eigenvalue weighted by Crippen LogP contribution is 2.34. The number of piperazine rings is 1. The van der Waals surface area contributed by atoms with Gasteiger partial charge in [-0.15, -0.1) is 0 Å². The van der Waals surface area contributed by atoms with Crippen LogP contribution < -0.4 is 19.9 Å². The van der Waals surface area contributed by atoms with Crippen molar-refractivity contribution in [2.45, 2.75) is 4.90 Å². The van der Waals surface area contributed by atoms with E-state index in [2.05, 4.69) is 20.2 Å². The van der Waals surface area contributed by atoms with Crippen LogP contribution in [-0.4, -0.2) is 75.6 Å². The predicted octanol–water partition coefficient (Wildman–Crippen LogP) is 1.21. The van der Waals surface area contributed by atoms with Crippen molar-refractivity contribution in [1.29, 1.82) is 0 Å². The highest BCUT2D eigenvalue weighted by atomic mass is 32.2. The molecule has 10 nitrogen and oxygen atoms in total. The number of hydrogen-bond acceptors (Lipinski definition) is 8. The lowest BCUT2D eigenvalue weighted by Gasteiger charge is -2.29. The van der Waals surface area contributed by atoms with E-state index in [9.17, 15) is 8.42 Å². The van der Waals surface area contributed by atoms with E-state index in [1.54, 1.807) is 24.4 Å². The van der Waals surface area contributed by atoms with Gasteiger partial charge in [0.05, 0.1) is 28.8 Å². The Labute approximate surface area is 186 Å². The summed E-state index contributed by atoms with van der Waals surface area (Å²) in [6.07, 6.45) is 1.59. The van der Waals surface area contributed by atoms with Gasteiger partial charge in [0.2, 0.25) is 0 Å². The first-order valence-corrected chi connectivity index (χ1v) is 11.6. The van der Waals surface area contributed by atoms with Gasteiger partial charge >= 0.3 is 0 Å². The average molecular weight is 460 g/mol. The number of ether oxygens (including phenoxy) is 1. The molecule has 11 heteroatoms. The number of carboxylic acid groups (broad SMARTS) is 1. The van der Waals surface area contributed by atoms with Crippen LogP contribution in [-0.2, 0) is 14.8 Å². The number of anilines is 2. The van der Waals surface area contributed by atoms with Gasteiger partial charge in [-0.3, -0.25) is 4.79 Å². The Hall–Kier alpha value is -3.31. The maximum atomic E-state index is 13.4. The van der Waals surface area contributed by atoms with Gasteiger partial charge in [-0.05, 0) is 30.3 Å². The number of carbonyl (C=O) groups is 1. The zero-order chi connectivity index (χ0) is 22.7. The van der Waals surface area contributed by atoms with E-state index in [4.69, 9.17) is 14.6 Å². The van der Waals surface area contributed by atoms with Gasteiger partial charge in [-0.1, -0.05) is 0 Å². The summed E-state index contributed by atoms with van der Waals surface area (Å²) < 4.78 is 33.6. The molecule has 0 atom stereocenters. The fourth-order valence-corrected chi connectivity index (χ4v) is 5.18. The number of nitrogens with zero attached hydrogens (tertiary/aromatic N) is 4. The van der Waals surface area contributed by atoms with Gasteiger partial charge in [0.25, 0.3) is 16.5 Å². The van der Waals surface area contributed by atoms with Crippen molar-refractivity contribution in [2.75, 3.05) is 56.2 Å². The summed E-state index contributed by atoms with van der Waals surface area (Å²) >= 11 is 0. The molecule has 0 unspecified atom stereocenters. The second-order valence-corrected chi connectivity index (χ2v) is 9.25. The molecule has 0 saturated carbocycles. The second kappa shape index (κ2) is 9.05. The smallest absolute Gasteiger partial charge is 0.290 e. The van der Waals surface area contributed by atoms with Crippen LogP contribution in [0.25, 0.3) is 10.9 Å². The molecule has 3 aromatic rings. The Balaban J connectivity index is 0.000000775. The summed E-state index contributed by atoms with van der Waals surface area (Å²) in [5.41, 5.74) is 2.48. The summed E-state index contributed by atoms with van der Waals surface area (Å²) in [4.78, 5) is 12.8. The molecule has 0 bridgehead atoms. The summed E-state index contributed by atoms with van der Waals surface area (Å²) in [6, 6.07) is 10.9. The van der Waals surface area contributed by atoms with E-state index in [1.807, 2.05) is 25.2 Å². The number of nitrogens with one attached hydrogen (secondary N) is 1. The largest absolute Gasteiger partial charge is 0.490 e. The maximum absolute atomic E-state index is 13.4. The summed E-state index contributed by atoms with van der Waals surface area (Å²) in [5, 5.41) is 15.2. The van der Waals surface area contributed by atoms with Crippen LogP contribution in [0.3, 0.4) is 0 Å². The minimum atomic E-state index is -3.84. The Morgan fingerprint density at radius 3 is 2.62 bits per heavy atom. The SMILES string of the molecule is CN1CCOc2cc(S(=O)(=O)n3ncc4ccc(N5CCNCC5)cc43)ccc21.O=CO. The van der Waals surface area contributed by atoms with Crippen LogP contribution in [0, 0.1) is 0 Å². The average Bonchev–Trinajstić information content (AvgIpc) is 3.24. The van der Waals surface area contributed by atoms with Crippen molar-refractivity contribution in [3.05, 3.63) is 42.6 Å². The predicted molar refractivity (Wildman–Crippen MR) is 121 cm³/mol. The quantitative estimate of drug-likeness (QED) is 0.558. The van der Waals surface area contributed by atoms with Gasteiger partial charge in [-0.25, -0.2) is 0 Å². The molecular formula is C21H25N5O5S. The van der Waals surface area contributed by atoms with Crippen molar-refractivity contribution in [2.24, 2.45) is 0 Å². The molecule has 32 heavy (non-hydrogen) atoms. The highest BCUT2D eigenvalue weighted by Gasteiger charge is 2.24. The van der Waals surface area contributed by atoms with E-state index in [-0.39, 0.29) is 11.4 Å². The fourth-order valence-electron chi connectivity index (χ4n) is 3.89. The Kier molecular flexibility index (Phi) is 6.19. The molecule has 170 valence electrons. The highest BCUT2D eigenvalue weighted by molar-refractivity contribution is 7.90. The van der Waals surface area contributed by atoms with E-state index in [0.29, 0.717) is 17.9 Å². The molecule has 0 spiro atoms. The molecule has 0 aliphatic carbocycles. The van der Waals surface area contributed by atoms with E-state index >= 15 is 0 Å². The molecule has 2 aromatic carbocycles. The zero-order valence-corrected chi connectivity index (χ0v) is 18.5. The normalized spacial score (nSPS) is 16.0. The lowest BCUT2D eigenvalue weighted by atomic mass is 10.2. The molecule has 1 saturated heterocycles. The third kappa shape index (κ3) is 4.08. The van der Waals surface area contributed by atoms with Crippen molar-refractivity contribution in [3.63, 3.8) is 0 Å². The first kappa shape index (κ1) is 21.9. The monoisotopic (exact) mass is 459 g/mol. The molecule has 1 aromatic heterocycles. The Morgan fingerprint density at radius 1 is 1.12 bits per heavy atom. The van der Waals surface area contributed by atoms with Crippen LogP contribution in [0.2, 0.25) is 0 Å². The van der Waals surface area contributed by atoms with Crippen LogP contribution in [0.1, 0.15) is 0 Å². The molecule has 5 rings (SSSR count). The molecule has 2 aliphatic heterocycles. The zero-order valence-electron chi connectivity index (χ0n) is 17.6. The minimum Gasteiger partial charge on any atom is -0.490 e. The number of likely N-dealkylation sites (N-methyl/N-ethyl adjacent to an activating group) is 1. The van der Waals surface area contributed by atoms with Crippen molar-refractivity contribution in [1.82, 2.24) is 14.5 Å². The summed E-state index contributed by atoms with van der Waals surface area (Å²) in [7, 11) is -1.88. The lowest BCUT2D eigenvalue weighted by molar-refractivity contribution is -0.122. The number of hydrogen-bond donors (Lipinski definition) is 2. The van der Waals surface area contributed by atoms with Gasteiger partial charge in [0.1, 0.15) is 12.4 Å². The molecule has 0 amide bonds. The number of fused-ring (bicyclic) bond motifs is 2. The van der Waals surface area contributed by atoms with Crippen molar-refractivity contribution in [3.8, 4) is 5.75 Å². The Bertz CT molecular complexity index is 1220. The minimum absolute atomic E-state index is 0.170. The number of benzene rings is 2. The summed E-state index contributed by atoms with van der Waals surface area (Å²) in [5.74, 6) is 0.581. The van der Waals surface area contributed by atoms with Crippen molar-refractivity contribution >= 4 is 38.8 Å². The third-order valence-corrected chi connectivity index (χ3v) is 7.15. The fraction of sp³-hybridized carbons (Fsp3) is 0.333. The standard InChI is InChI=1S/C20H23N5O3S.CH2O2/c1-23-10-11-28-20-13-17(4-5-18(20)23)29(26,27)25-19-12-16(3-2-15(19)14-22-25)24-8-6-21-7-9-24;2-1-3/h2-5,12-14,21H,6-11H2,1H3;1H,(H,2,3). The summed E-state index contributed by atoms with van der Waals surface area (Å²) in [6.45, 7) is 4.67. The molecule has 3 heterocycles.